The smallest absolute Gasteiger partial charge is 0.356 e. The zero-order chi connectivity index (χ0) is 13.8. The molecule has 0 aliphatic heterocycles. The van der Waals surface area contributed by atoms with E-state index in [1.807, 2.05) is 0 Å². The molecule has 0 unspecified atom stereocenters. The zero-order valence-electron chi connectivity index (χ0n) is 10.6. The summed E-state index contributed by atoms with van der Waals surface area (Å²) in [6.45, 7) is 4.27. The highest BCUT2D eigenvalue weighted by Crippen LogP contribution is 2.20. The van der Waals surface area contributed by atoms with Crippen molar-refractivity contribution in [3.8, 4) is 11.6 Å². The Kier molecular flexibility index (Phi) is 4.20. The van der Waals surface area contributed by atoms with Crippen LogP contribution < -0.4 is 0 Å². The summed E-state index contributed by atoms with van der Waals surface area (Å²) < 4.78 is 5.05. The van der Waals surface area contributed by atoms with Gasteiger partial charge in [0.25, 0.3) is 5.89 Å². The van der Waals surface area contributed by atoms with Crippen LogP contribution in [0.4, 0.5) is 0 Å². The average Bonchev–Trinajstić information content (AvgIpc) is 2.95. The van der Waals surface area contributed by atoms with E-state index in [1.165, 1.54) is 6.33 Å². The Morgan fingerprint density at radius 2 is 2.37 bits per heavy atom. The van der Waals surface area contributed by atoms with Gasteiger partial charge in [-0.3, -0.25) is 0 Å². The van der Waals surface area contributed by atoms with Gasteiger partial charge in [0.05, 0.1) is 12.1 Å². The number of H-pyrrole nitrogens is 1. The van der Waals surface area contributed by atoms with Gasteiger partial charge in [0.15, 0.2) is 11.5 Å². The van der Waals surface area contributed by atoms with E-state index in [0.717, 1.165) is 5.75 Å². The maximum absolute atomic E-state index is 10.9. The van der Waals surface area contributed by atoms with E-state index < -0.39 is 5.97 Å². The first-order valence-corrected chi connectivity index (χ1v) is 6.90. The molecule has 0 aromatic carbocycles. The SMILES string of the molecule is CC(C)CSCc1noc(-c2[nH]cnc2C(=O)O)n1. The molecule has 0 saturated carbocycles. The molecule has 0 radical (unpaired) electrons. The number of hydrogen-bond donors (Lipinski definition) is 2. The van der Waals surface area contributed by atoms with E-state index in [9.17, 15) is 4.79 Å². The van der Waals surface area contributed by atoms with Gasteiger partial charge in [0.2, 0.25) is 0 Å². The van der Waals surface area contributed by atoms with Crippen molar-refractivity contribution >= 4 is 17.7 Å². The fourth-order valence-electron chi connectivity index (χ4n) is 1.42. The van der Waals surface area contributed by atoms with E-state index in [0.29, 0.717) is 17.5 Å². The molecule has 2 N–H and O–H groups in total. The van der Waals surface area contributed by atoms with Crippen LogP contribution in [0.2, 0.25) is 0 Å². The molecule has 2 aromatic rings. The van der Waals surface area contributed by atoms with Crippen LogP contribution in [0.1, 0.15) is 30.2 Å². The quantitative estimate of drug-likeness (QED) is 0.835. The second-order valence-electron chi connectivity index (χ2n) is 4.36. The molecule has 0 fully saturated rings. The molecule has 0 bridgehead atoms. The number of nitrogens with zero attached hydrogens (tertiary/aromatic N) is 3. The van der Waals surface area contributed by atoms with Gasteiger partial charge in [-0.25, -0.2) is 9.78 Å². The normalized spacial score (nSPS) is 11.1. The highest BCUT2D eigenvalue weighted by atomic mass is 32.2. The van der Waals surface area contributed by atoms with Crippen LogP contribution in [0.3, 0.4) is 0 Å². The molecule has 8 heteroatoms. The lowest BCUT2D eigenvalue weighted by atomic mass is 10.3. The van der Waals surface area contributed by atoms with Crippen LogP contribution in [-0.4, -0.2) is 36.9 Å². The second kappa shape index (κ2) is 5.87. The maximum Gasteiger partial charge on any atom is 0.356 e. The summed E-state index contributed by atoms with van der Waals surface area (Å²) in [6, 6.07) is 0. The number of carboxylic acid groups (broad SMARTS) is 1. The van der Waals surface area contributed by atoms with Crippen molar-refractivity contribution in [1.29, 1.82) is 0 Å². The predicted molar refractivity (Wildman–Crippen MR) is 69.8 cm³/mol. The van der Waals surface area contributed by atoms with Crippen LogP contribution in [0, 0.1) is 5.92 Å². The average molecular weight is 282 g/mol. The standard InChI is InChI=1S/C11H14N4O3S/c1-6(2)3-19-4-7-14-10(18-15-7)8-9(11(16)17)13-5-12-8/h5-6H,3-4H2,1-2H3,(H,12,13)(H,16,17). The summed E-state index contributed by atoms with van der Waals surface area (Å²) in [5.74, 6) is 1.81. The van der Waals surface area contributed by atoms with E-state index in [2.05, 4.69) is 34.0 Å². The topological polar surface area (TPSA) is 105 Å². The summed E-state index contributed by atoms with van der Waals surface area (Å²) >= 11 is 1.71. The largest absolute Gasteiger partial charge is 0.476 e. The third kappa shape index (κ3) is 3.34. The molecule has 0 atom stereocenters. The summed E-state index contributed by atoms with van der Waals surface area (Å²) in [6.07, 6.45) is 1.29. The third-order valence-corrected chi connectivity index (χ3v) is 3.57. The minimum Gasteiger partial charge on any atom is -0.476 e. The van der Waals surface area contributed by atoms with Crippen molar-refractivity contribution in [3.63, 3.8) is 0 Å². The first-order valence-electron chi connectivity index (χ1n) is 5.75. The van der Waals surface area contributed by atoms with Gasteiger partial charge in [-0.2, -0.15) is 16.7 Å². The van der Waals surface area contributed by atoms with Gasteiger partial charge in [-0.15, -0.1) is 0 Å². The Balaban J connectivity index is 2.08. The Labute approximate surface area is 113 Å². The predicted octanol–water partition coefficient (Wildman–Crippen LogP) is 2.05. The lowest BCUT2D eigenvalue weighted by molar-refractivity contribution is 0.0691. The zero-order valence-corrected chi connectivity index (χ0v) is 11.4. The number of nitrogens with one attached hydrogen (secondary N) is 1. The minimum absolute atomic E-state index is 0.120. The second-order valence-corrected chi connectivity index (χ2v) is 5.39. The van der Waals surface area contributed by atoms with Crippen LogP contribution in [0.5, 0.6) is 0 Å². The maximum atomic E-state index is 10.9. The van der Waals surface area contributed by atoms with Crippen LogP contribution in [-0.2, 0) is 5.75 Å². The molecule has 2 heterocycles. The third-order valence-electron chi connectivity index (χ3n) is 2.21. The molecule has 0 saturated heterocycles. The molecule has 0 aliphatic carbocycles. The van der Waals surface area contributed by atoms with Crippen LogP contribution >= 0.6 is 11.8 Å². The molecule has 7 nitrogen and oxygen atoms in total. The fourth-order valence-corrected chi connectivity index (χ4v) is 2.31. The van der Waals surface area contributed by atoms with Gasteiger partial charge in [0.1, 0.15) is 5.69 Å². The monoisotopic (exact) mass is 282 g/mol. The number of imidazole rings is 1. The molecular formula is C11H14N4O3S. The molecule has 102 valence electrons. The Morgan fingerprint density at radius 1 is 1.58 bits per heavy atom. The molecule has 0 spiro atoms. The van der Waals surface area contributed by atoms with Gasteiger partial charge in [0, 0.05) is 0 Å². The van der Waals surface area contributed by atoms with E-state index in [-0.39, 0.29) is 17.3 Å². The number of carboxylic acids is 1. The van der Waals surface area contributed by atoms with Crippen LogP contribution in [0.25, 0.3) is 11.6 Å². The Hall–Kier alpha value is -1.83. The van der Waals surface area contributed by atoms with Crippen molar-refractivity contribution in [3.05, 3.63) is 17.8 Å². The van der Waals surface area contributed by atoms with Gasteiger partial charge in [-0.05, 0) is 11.7 Å². The highest BCUT2D eigenvalue weighted by Gasteiger charge is 2.20. The summed E-state index contributed by atoms with van der Waals surface area (Å²) in [5.41, 5.74) is 0.116. The molecule has 0 amide bonds. The number of thioether (sulfide) groups is 1. The Bertz CT molecular complexity index is 564. The number of aromatic nitrogens is 4. The van der Waals surface area contributed by atoms with E-state index >= 15 is 0 Å². The van der Waals surface area contributed by atoms with Gasteiger partial charge < -0.3 is 14.6 Å². The summed E-state index contributed by atoms with van der Waals surface area (Å²) in [4.78, 5) is 21.5. The van der Waals surface area contributed by atoms with Crippen molar-refractivity contribution < 1.29 is 14.4 Å². The van der Waals surface area contributed by atoms with Gasteiger partial charge in [-0.1, -0.05) is 19.0 Å². The number of hydrogen-bond acceptors (Lipinski definition) is 6. The molecule has 2 rings (SSSR count). The number of rotatable bonds is 6. The first kappa shape index (κ1) is 13.6. The lowest BCUT2D eigenvalue weighted by Gasteiger charge is -2.00. The van der Waals surface area contributed by atoms with Crippen molar-refractivity contribution in [2.45, 2.75) is 19.6 Å². The molecule has 2 aromatic heterocycles. The van der Waals surface area contributed by atoms with E-state index in [4.69, 9.17) is 9.63 Å². The summed E-state index contributed by atoms with van der Waals surface area (Å²) in [7, 11) is 0. The number of aromatic carboxylic acids is 1. The van der Waals surface area contributed by atoms with Crippen LogP contribution in [0.15, 0.2) is 10.9 Å². The lowest BCUT2D eigenvalue weighted by Crippen LogP contribution is -1.99. The van der Waals surface area contributed by atoms with E-state index in [1.54, 1.807) is 11.8 Å². The fraction of sp³-hybridized carbons (Fsp3) is 0.455. The molecule has 0 aliphatic rings. The number of carbonyl (C=O) groups is 1. The van der Waals surface area contributed by atoms with Crippen molar-refractivity contribution in [1.82, 2.24) is 20.1 Å². The molecule has 19 heavy (non-hydrogen) atoms. The van der Waals surface area contributed by atoms with Gasteiger partial charge >= 0.3 is 5.97 Å². The first-order chi connectivity index (χ1) is 9.08. The number of aromatic amines is 1. The van der Waals surface area contributed by atoms with Crippen molar-refractivity contribution in [2.24, 2.45) is 5.92 Å². The Morgan fingerprint density at radius 3 is 3.05 bits per heavy atom. The summed E-state index contributed by atoms with van der Waals surface area (Å²) in [5, 5.41) is 12.8. The van der Waals surface area contributed by atoms with Crippen molar-refractivity contribution in [2.75, 3.05) is 5.75 Å². The molecular weight excluding hydrogens is 268 g/mol. The minimum atomic E-state index is -1.13. The highest BCUT2D eigenvalue weighted by molar-refractivity contribution is 7.98.